The van der Waals surface area contributed by atoms with E-state index in [1.165, 1.54) is 0 Å². The number of piperazine rings is 1. The number of carbonyl (C=O) groups is 1. The lowest BCUT2D eigenvalue weighted by Gasteiger charge is -2.36. The highest BCUT2D eigenvalue weighted by Gasteiger charge is 2.30. The fourth-order valence-electron chi connectivity index (χ4n) is 2.59. The van der Waals surface area contributed by atoms with E-state index in [1.807, 2.05) is 35.2 Å². The standard InChI is InChI=1S/C15H16ClN3O/c16-12-5-2-1-4-11(12)14-10-17-8-9-19(14)15(20)13-6-3-7-18-13/h1-7,14,17-18H,8-10H2. The molecule has 1 aliphatic heterocycles. The molecule has 2 aromatic rings. The second-order valence-electron chi connectivity index (χ2n) is 4.82. The van der Waals surface area contributed by atoms with Gasteiger partial charge in [0, 0.05) is 30.9 Å². The van der Waals surface area contributed by atoms with Crippen LogP contribution < -0.4 is 5.32 Å². The first-order valence-electron chi connectivity index (χ1n) is 6.67. The van der Waals surface area contributed by atoms with Crippen LogP contribution in [0.15, 0.2) is 42.6 Å². The first-order chi connectivity index (χ1) is 9.77. The summed E-state index contributed by atoms with van der Waals surface area (Å²) in [7, 11) is 0. The van der Waals surface area contributed by atoms with Crippen LogP contribution in [0.5, 0.6) is 0 Å². The Morgan fingerprint density at radius 1 is 1.25 bits per heavy atom. The van der Waals surface area contributed by atoms with Gasteiger partial charge in [-0.25, -0.2) is 0 Å². The number of H-pyrrole nitrogens is 1. The van der Waals surface area contributed by atoms with E-state index in [1.54, 1.807) is 12.3 Å². The van der Waals surface area contributed by atoms with Crippen LogP contribution in [-0.2, 0) is 0 Å². The van der Waals surface area contributed by atoms with Crippen molar-refractivity contribution < 1.29 is 4.79 Å². The summed E-state index contributed by atoms with van der Waals surface area (Å²) in [5, 5.41) is 4.03. The van der Waals surface area contributed by atoms with Crippen LogP contribution in [0.25, 0.3) is 0 Å². The monoisotopic (exact) mass is 289 g/mol. The minimum atomic E-state index is -0.0340. The third kappa shape index (κ3) is 2.44. The SMILES string of the molecule is O=C(c1ccc[nH]1)N1CCNCC1c1ccccc1Cl. The molecule has 1 aromatic heterocycles. The summed E-state index contributed by atoms with van der Waals surface area (Å²) in [5.74, 6) is 0.0152. The average molecular weight is 290 g/mol. The van der Waals surface area contributed by atoms with Crippen molar-refractivity contribution in [1.82, 2.24) is 15.2 Å². The molecule has 4 nitrogen and oxygen atoms in total. The number of nitrogens with one attached hydrogen (secondary N) is 2. The molecule has 1 saturated heterocycles. The summed E-state index contributed by atoms with van der Waals surface area (Å²) in [6.45, 7) is 2.19. The Bertz CT molecular complexity index is 597. The zero-order chi connectivity index (χ0) is 13.9. The number of aromatic nitrogens is 1. The second kappa shape index (κ2) is 5.69. The predicted molar refractivity (Wildman–Crippen MR) is 78.9 cm³/mol. The van der Waals surface area contributed by atoms with Gasteiger partial charge < -0.3 is 15.2 Å². The fraction of sp³-hybridized carbons (Fsp3) is 0.267. The normalized spacial score (nSPS) is 19.1. The van der Waals surface area contributed by atoms with Crippen molar-refractivity contribution in [2.45, 2.75) is 6.04 Å². The van der Waals surface area contributed by atoms with Gasteiger partial charge in [0.15, 0.2) is 0 Å². The maximum Gasteiger partial charge on any atom is 0.270 e. The third-order valence-electron chi connectivity index (χ3n) is 3.60. The van der Waals surface area contributed by atoms with Crippen molar-refractivity contribution in [3.63, 3.8) is 0 Å². The minimum absolute atomic E-state index is 0.0152. The highest BCUT2D eigenvalue weighted by atomic mass is 35.5. The highest BCUT2D eigenvalue weighted by Crippen LogP contribution is 2.29. The van der Waals surface area contributed by atoms with Gasteiger partial charge in [-0.15, -0.1) is 0 Å². The molecule has 104 valence electrons. The zero-order valence-electron chi connectivity index (χ0n) is 11.0. The highest BCUT2D eigenvalue weighted by molar-refractivity contribution is 6.31. The molecule has 1 aliphatic rings. The van der Waals surface area contributed by atoms with Gasteiger partial charge in [0.2, 0.25) is 0 Å². The number of hydrogen-bond acceptors (Lipinski definition) is 2. The summed E-state index contributed by atoms with van der Waals surface area (Å²) in [4.78, 5) is 17.4. The molecule has 1 unspecified atom stereocenters. The van der Waals surface area contributed by atoms with Gasteiger partial charge in [0.1, 0.15) is 5.69 Å². The zero-order valence-corrected chi connectivity index (χ0v) is 11.7. The Morgan fingerprint density at radius 3 is 2.85 bits per heavy atom. The number of amides is 1. The molecule has 1 aromatic carbocycles. The van der Waals surface area contributed by atoms with Crippen molar-refractivity contribution in [1.29, 1.82) is 0 Å². The van der Waals surface area contributed by atoms with E-state index in [0.717, 1.165) is 18.7 Å². The number of carbonyl (C=O) groups excluding carboxylic acids is 1. The van der Waals surface area contributed by atoms with E-state index in [0.29, 0.717) is 17.3 Å². The van der Waals surface area contributed by atoms with E-state index in [2.05, 4.69) is 10.3 Å². The topological polar surface area (TPSA) is 48.1 Å². The van der Waals surface area contributed by atoms with Crippen LogP contribution in [0.1, 0.15) is 22.1 Å². The van der Waals surface area contributed by atoms with Gasteiger partial charge in [0.25, 0.3) is 5.91 Å². The molecule has 2 N–H and O–H groups in total. The number of rotatable bonds is 2. The maximum atomic E-state index is 12.6. The molecule has 20 heavy (non-hydrogen) atoms. The maximum absolute atomic E-state index is 12.6. The predicted octanol–water partition coefficient (Wildman–Crippen LogP) is 2.45. The second-order valence-corrected chi connectivity index (χ2v) is 5.23. The summed E-state index contributed by atoms with van der Waals surface area (Å²) >= 11 is 6.28. The van der Waals surface area contributed by atoms with E-state index >= 15 is 0 Å². The molecule has 0 spiro atoms. The van der Waals surface area contributed by atoms with Gasteiger partial charge in [-0.3, -0.25) is 4.79 Å². The number of nitrogens with zero attached hydrogens (tertiary/aromatic N) is 1. The van der Waals surface area contributed by atoms with Gasteiger partial charge in [-0.1, -0.05) is 29.8 Å². The van der Waals surface area contributed by atoms with E-state index in [-0.39, 0.29) is 11.9 Å². The molecule has 1 amide bonds. The molecule has 0 radical (unpaired) electrons. The Kier molecular flexibility index (Phi) is 3.76. The fourth-order valence-corrected chi connectivity index (χ4v) is 2.85. The number of halogens is 1. The van der Waals surface area contributed by atoms with Crippen molar-refractivity contribution >= 4 is 17.5 Å². The lowest BCUT2D eigenvalue weighted by Crippen LogP contribution is -2.48. The summed E-state index contributed by atoms with van der Waals surface area (Å²) in [5.41, 5.74) is 1.60. The Hall–Kier alpha value is -1.78. The van der Waals surface area contributed by atoms with Crippen molar-refractivity contribution in [2.75, 3.05) is 19.6 Å². The Labute approximate surface area is 122 Å². The lowest BCUT2D eigenvalue weighted by atomic mass is 10.0. The van der Waals surface area contributed by atoms with Crippen molar-refractivity contribution in [3.05, 3.63) is 58.9 Å². The minimum Gasteiger partial charge on any atom is -0.357 e. The van der Waals surface area contributed by atoms with Crippen LogP contribution >= 0.6 is 11.6 Å². The average Bonchev–Trinajstić information content (AvgIpc) is 3.01. The Morgan fingerprint density at radius 2 is 2.10 bits per heavy atom. The van der Waals surface area contributed by atoms with Gasteiger partial charge >= 0.3 is 0 Å². The number of aromatic amines is 1. The first kappa shape index (κ1) is 13.2. The molecule has 0 saturated carbocycles. The van der Waals surface area contributed by atoms with Crippen LogP contribution in [-0.4, -0.2) is 35.4 Å². The molecular formula is C15H16ClN3O. The smallest absolute Gasteiger partial charge is 0.270 e. The van der Waals surface area contributed by atoms with Crippen LogP contribution in [0, 0.1) is 0 Å². The molecule has 0 bridgehead atoms. The largest absolute Gasteiger partial charge is 0.357 e. The first-order valence-corrected chi connectivity index (χ1v) is 7.04. The van der Waals surface area contributed by atoms with Crippen molar-refractivity contribution in [3.8, 4) is 0 Å². The summed E-state index contributed by atoms with van der Waals surface area (Å²) in [6, 6.07) is 11.3. The summed E-state index contributed by atoms with van der Waals surface area (Å²) in [6.07, 6.45) is 1.76. The van der Waals surface area contributed by atoms with Gasteiger partial charge in [0.05, 0.1) is 6.04 Å². The van der Waals surface area contributed by atoms with Crippen molar-refractivity contribution in [2.24, 2.45) is 0 Å². The van der Waals surface area contributed by atoms with Gasteiger partial charge in [-0.05, 0) is 23.8 Å². The molecular weight excluding hydrogens is 274 g/mol. The number of benzene rings is 1. The van der Waals surface area contributed by atoms with E-state index in [4.69, 9.17) is 11.6 Å². The Balaban J connectivity index is 1.92. The van der Waals surface area contributed by atoms with Crippen LogP contribution in [0.2, 0.25) is 5.02 Å². The quantitative estimate of drug-likeness (QED) is 0.892. The molecule has 1 atom stereocenters. The third-order valence-corrected chi connectivity index (χ3v) is 3.94. The lowest BCUT2D eigenvalue weighted by molar-refractivity contribution is 0.0629. The van der Waals surface area contributed by atoms with E-state index in [9.17, 15) is 4.79 Å². The van der Waals surface area contributed by atoms with Gasteiger partial charge in [-0.2, -0.15) is 0 Å². The summed E-state index contributed by atoms with van der Waals surface area (Å²) < 4.78 is 0. The van der Waals surface area contributed by atoms with Crippen LogP contribution in [0.3, 0.4) is 0 Å². The molecule has 2 heterocycles. The van der Waals surface area contributed by atoms with E-state index < -0.39 is 0 Å². The molecule has 5 heteroatoms. The molecule has 3 rings (SSSR count). The van der Waals surface area contributed by atoms with Crippen LogP contribution in [0.4, 0.5) is 0 Å². The molecule has 1 fully saturated rings. The number of hydrogen-bond donors (Lipinski definition) is 2. The molecule has 0 aliphatic carbocycles.